The molecule has 8 nitrogen and oxygen atoms in total. The summed E-state index contributed by atoms with van der Waals surface area (Å²) in [5.74, 6) is -2.52. The number of thiazole rings is 1. The van der Waals surface area contributed by atoms with Gasteiger partial charge in [-0.25, -0.2) is 9.37 Å². The third kappa shape index (κ3) is 4.62. The molecule has 2 aromatic heterocycles. The number of nitrogens with two attached hydrogens (primary N) is 1. The van der Waals surface area contributed by atoms with Crippen molar-refractivity contribution in [3.8, 4) is 0 Å². The average molecular weight is 490 g/mol. The number of aromatic nitrogens is 2. The molecule has 3 aromatic rings. The van der Waals surface area contributed by atoms with Crippen molar-refractivity contribution in [3.63, 3.8) is 0 Å². The first-order valence-electron chi connectivity index (χ1n) is 10.3. The van der Waals surface area contributed by atoms with E-state index in [0.717, 1.165) is 23.8 Å². The van der Waals surface area contributed by atoms with Gasteiger partial charge in [0.2, 0.25) is 0 Å². The van der Waals surface area contributed by atoms with Gasteiger partial charge in [0.15, 0.2) is 5.13 Å². The fourth-order valence-electron chi connectivity index (χ4n) is 4.00. The first kappa shape index (κ1) is 22.9. The number of amides is 2. The number of hydrogen-bond donors (Lipinski definition) is 3. The van der Waals surface area contributed by atoms with E-state index in [1.807, 2.05) is 0 Å². The molecule has 4 rings (SSSR count). The number of nitrogens with one attached hydrogen (secondary N) is 2. The molecule has 0 radical (unpaired) electrons. The number of carbonyl (C=O) groups excluding carboxylic acids is 3. The van der Waals surface area contributed by atoms with Gasteiger partial charge in [0.1, 0.15) is 5.82 Å². The van der Waals surface area contributed by atoms with Crippen molar-refractivity contribution in [1.82, 2.24) is 14.9 Å². The predicted octanol–water partition coefficient (Wildman–Crippen LogP) is 3.72. The third-order valence-corrected chi connectivity index (χ3v) is 6.60. The molecular formula is C22H21ClFN5O3S. The SMILES string of the molecule is Cc1c(C(=O)Nc2ccc(F)c(Cl)c2)c2n(c1C(=O)C(=O)NCc1cnc(N)s1)CCCC2. The summed E-state index contributed by atoms with van der Waals surface area (Å²) >= 11 is 7.04. The Hall–Kier alpha value is -3.24. The molecule has 0 unspecified atom stereocenters. The lowest BCUT2D eigenvalue weighted by Crippen LogP contribution is -2.32. The zero-order valence-corrected chi connectivity index (χ0v) is 19.3. The number of Topliss-reactive ketones (excluding diaryl/α,β-unsaturated/α-hetero) is 1. The van der Waals surface area contributed by atoms with Gasteiger partial charge < -0.3 is 20.9 Å². The second kappa shape index (κ2) is 9.32. The van der Waals surface area contributed by atoms with Gasteiger partial charge in [0.25, 0.3) is 17.6 Å². The van der Waals surface area contributed by atoms with Crippen LogP contribution in [0.4, 0.5) is 15.2 Å². The molecule has 1 aliphatic heterocycles. The Kier molecular flexibility index (Phi) is 6.48. The summed E-state index contributed by atoms with van der Waals surface area (Å²) in [6, 6.07) is 3.89. The summed E-state index contributed by atoms with van der Waals surface area (Å²) in [4.78, 5) is 43.5. The van der Waals surface area contributed by atoms with Crippen LogP contribution in [-0.4, -0.2) is 27.1 Å². The number of fused-ring (bicyclic) bond motifs is 1. The molecule has 2 amide bonds. The summed E-state index contributed by atoms with van der Waals surface area (Å²) < 4.78 is 15.2. The van der Waals surface area contributed by atoms with Crippen molar-refractivity contribution in [2.75, 3.05) is 11.1 Å². The lowest BCUT2D eigenvalue weighted by Gasteiger charge is -2.18. The highest BCUT2D eigenvalue weighted by atomic mass is 35.5. The third-order valence-electron chi connectivity index (χ3n) is 5.48. The van der Waals surface area contributed by atoms with E-state index in [1.54, 1.807) is 17.7 Å². The number of nitrogen functional groups attached to an aromatic ring is 1. The Morgan fingerprint density at radius 1 is 1.30 bits per heavy atom. The van der Waals surface area contributed by atoms with E-state index >= 15 is 0 Å². The van der Waals surface area contributed by atoms with Crippen molar-refractivity contribution >= 4 is 51.4 Å². The van der Waals surface area contributed by atoms with Crippen LogP contribution in [0.1, 0.15) is 49.8 Å². The van der Waals surface area contributed by atoms with Crippen LogP contribution in [0.25, 0.3) is 0 Å². The van der Waals surface area contributed by atoms with Crippen LogP contribution in [0.3, 0.4) is 0 Å². The zero-order valence-electron chi connectivity index (χ0n) is 17.7. The monoisotopic (exact) mass is 489 g/mol. The van der Waals surface area contributed by atoms with Gasteiger partial charge >= 0.3 is 0 Å². The van der Waals surface area contributed by atoms with Crippen LogP contribution in [0.15, 0.2) is 24.4 Å². The minimum atomic E-state index is -0.770. The largest absolute Gasteiger partial charge is 0.375 e. The highest BCUT2D eigenvalue weighted by Crippen LogP contribution is 2.30. The summed E-state index contributed by atoms with van der Waals surface area (Å²) in [5, 5.41) is 5.57. The number of anilines is 2. The lowest BCUT2D eigenvalue weighted by molar-refractivity contribution is -0.117. The van der Waals surface area contributed by atoms with Crippen LogP contribution in [0.5, 0.6) is 0 Å². The number of carbonyl (C=O) groups is 3. The van der Waals surface area contributed by atoms with Gasteiger partial charge in [-0.2, -0.15) is 0 Å². The summed E-state index contributed by atoms with van der Waals surface area (Å²) in [6.07, 6.45) is 3.83. The maximum atomic E-state index is 13.5. The summed E-state index contributed by atoms with van der Waals surface area (Å²) in [5.41, 5.74) is 7.61. The van der Waals surface area contributed by atoms with E-state index in [9.17, 15) is 18.8 Å². The van der Waals surface area contributed by atoms with Crippen LogP contribution in [0, 0.1) is 12.7 Å². The minimum Gasteiger partial charge on any atom is -0.375 e. The molecule has 4 N–H and O–H groups in total. The molecule has 1 aromatic carbocycles. The van der Waals surface area contributed by atoms with E-state index in [2.05, 4.69) is 15.6 Å². The fraction of sp³-hybridized carbons (Fsp3) is 0.273. The van der Waals surface area contributed by atoms with Gasteiger partial charge in [0.05, 0.1) is 22.8 Å². The first-order chi connectivity index (χ1) is 15.8. The van der Waals surface area contributed by atoms with Gasteiger partial charge in [-0.1, -0.05) is 11.6 Å². The molecular weight excluding hydrogens is 469 g/mol. The van der Waals surface area contributed by atoms with Crippen LogP contribution < -0.4 is 16.4 Å². The Balaban J connectivity index is 1.61. The van der Waals surface area contributed by atoms with Crippen molar-refractivity contribution in [1.29, 1.82) is 0 Å². The molecule has 0 bridgehead atoms. The summed E-state index contributed by atoms with van der Waals surface area (Å²) in [7, 11) is 0. The van der Waals surface area contributed by atoms with Gasteiger partial charge in [-0.05, 0) is 49.9 Å². The highest BCUT2D eigenvalue weighted by Gasteiger charge is 2.32. The molecule has 0 saturated heterocycles. The van der Waals surface area contributed by atoms with E-state index in [4.69, 9.17) is 17.3 Å². The predicted molar refractivity (Wildman–Crippen MR) is 124 cm³/mol. The number of rotatable bonds is 6. The first-order valence-corrected chi connectivity index (χ1v) is 11.5. The van der Waals surface area contributed by atoms with E-state index in [1.165, 1.54) is 23.5 Å². The van der Waals surface area contributed by atoms with Gasteiger partial charge in [0, 0.05) is 29.0 Å². The maximum absolute atomic E-state index is 13.5. The van der Waals surface area contributed by atoms with Gasteiger partial charge in [-0.15, -0.1) is 11.3 Å². The molecule has 1 aliphatic rings. The van der Waals surface area contributed by atoms with E-state index < -0.39 is 23.4 Å². The molecule has 0 spiro atoms. The minimum absolute atomic E-state index is 0.112. The number of nitrogens with zero attached hydrogens (tertiary/aromatic N) is 2. The molecule has 11 heteroatoms. The number of benzene rings is 1. The van der Waals surface area contributed by atoms with Crippen molar-refractivity contribution < 1.29 is 18.8 Å². The molecule has 33 heavy (non-hydrogen) atoms. The molecule has 172 valence electrons. The average Bonchev–Trinajstić information content (AvgIpc) is 3.33. The maximum Gasteiger partial charge on any atom is 0.294 e. The Bertz CT molecular complexity index is 1270. The van der Waals surface area contributed by atoms with Crippen LogP contribution in [-0.2, 0) is 24.3 Å². The highest BCUT2D eigenvalue weighted by molar-refractivity contribution is 7.15. The number of hydrogen-bond acceptors (Lipinski definition) is 6. The molecule has 3 heterocycles. The molecule has 0 aliphatic carbocycles. The quantitative estimate of drug-likeness (QED) is 0.360. The Morgan fingerprint density at radius 2 is 2.09 bits per heavy atom. The van der Waals surface area contributed by atoms with Crippen LogP contribution in [0.2, 0.25) is 5.02 Å². The Labute approximate surface area is 197 Å². The topological polar surface area (TPSA) is 119 Å². The van der Waals surface area contributed by atoms with E-state index in [0.29, 0.717) is 40.6 Å². The number of halogens is 2. The second-order valence-corrected chi connectivity index (χ2v) is 9.22. The smallest absolute Gasteiger partial charge is 0.294 e. The normalized spacial score (nSPS) is 12.8. The lowest BCUT2D eigenvalue weighted by atomic mass is 10.0. The Morgan fingerprint density at radius 3 is 2.79 bits per heavy atom. The fourth-order valence-corrected chi connectivity index (χ4v) is 4.80. The second-order valence-electron chi connectivity index (χ2n) is 7.66. The number of ketones is 1. The molecule has 0 fully saturated rings. The van der Waals surface area contributed by atoms with Crippen molar-refractivity contribution in [2.24, 2.45) is 0 Å². The van der Waals surface area contributed by atoms with Gasteiger partial charge in [-0.3, -0.25) is 14.4 Å². The van der Waals surface area contributed by atoms with Crippen molar-refractivity contribution in [2.45, 2.75) is 39.3 Å². The summed E-state index contributed by atoms with van der Waals surface area (Å²) in [6.45, 7) is 2.32. The molecule has 0 atom stereocenters. The van der Waals surface area contributed by atoms with Crippen LogP contribution >= 0.6 is 22.9 Å². The van der Waals surface area contributed by atoms with Crippen molar-refractivity contribution in [3.05, 3.63) is 62.6 Å². The molecule has 0 saturated carbocycles. The standard InChI is InChI=1S/C22H21ClFN5O3S/c1-11-17(20(31)28-12-5-6-15(24)14(23)8-12)16-4-2-3-7-29(16)18(11)19(30)21(32)26-9-13-10-27-22(25)33-13/h5-6,8,10H,2-4,7,9H2,1H3,(H2,25,27)(H,26,32)(H,28,31). The van der Waals surface area contributed by atoms with E-state index in [-0.39, 0.29) is 17.3 Å². The zero-order chi connectivity index (χ0) is 23.7.